The van der Waals surface area contributed by atoms with Crippen LogP contribution in [0, 0.1) is 6.92 Å². The van der Waals surface area contributed by atoms with Crippen LogP contribution in [0.1, 0.15) is 55.7 Å². The summed E-state index contributed by atoms with van der Waals surface area (Å²) in [6, 6.07) is 2.36. The highest BCUT2D eigenvalue weighted by Crippen LogP contribution is 2.13. The average Bonchev–Trinajstić information content (AvgIpc) is 3.11. The Balaban J connectivity index is 2.11. The zero-order valence-electron chi connectivity index (χ0n) is 13.6. The first-order valence-corrected chi connectivity index (χ1v) is 8.22. The molecule has 1 aliphatic heterocycles. The van der Waals surface area contributed by atoms with E-state index in [0.717, 1.165) is 50.4 Å². The Morgan fingerprint density at radius 2 is 2.33 bits per heavy atom. The Morgan fingerprint density at radius 3 is 2.95 bits per heavy atom. The van der Waals surface area contributed by atoms with Crippen LogP contribution < -0.4 is 5.32 Å². The molecule has 1 aromatic rings. The minimum atomic E-state index is 0.125. The van der Waals surface area contributed by atoms with Crippen LogP contribution in [0.15, 0.2) is 6.07 Å². The largest absolute Gasteiger partial charge is 0.336 e. The minimum absolute atomic E-state index is 0.125. The first kappa shape index (κ1) is 16.0. The third-order valence-electron chi connectivity index (χ3n) is 4.09. The molecule has 5 nitrogen and oxygen atoms in total. The minimum Gasteiger partial charge on any atom is -0.336 e. The van der Waals surface area contributed by atoms with Crippen molar-refractivity contribution >= 4 is 5.91 Å². The van der Waals surface area contributed by atoms with Crippen molar-refractivity contribution in [1.29, 1.82) is 0 Å². The number of aromatic nitrogens is 2. The first-order chi connectivity index (χ1) is 10.2. The smallest absolute Gasteiger partial charge is 0.272 e. The van der Waals surface area contributed by atoms with E-state index in [1.807, 2.05) is 29.5 Å². The standard InChI is InChI=1S/C16H28N4O/c1-4-6-10-19(12-14-8-7-9-17-14)16(21)15-11-13(3)18-20(15)5-2/h11,14,17H,4-10,12H2,1-3H3. The highest BCUT2D eigenvalue weighted by atomic mass is 16.2. The molecule has 5 heteroatoms. The molecule has 0 radical (unpaired) electrons. The van der Waals surface area contributed by atoms with E-state index in [0.29, 0.717) is 6.04 Å². The van der Waals surface area contributed by atoms with Crippen molar-refractivity contribution < 1.29 is 4.79 Å². The molecule has 2 rings (SSSR count). The molecule has 0 saturated carbocycles. The van der Waals surface area contributed by atoms with E-state index in [1.165, 1.54) is 12.8 Å². The van der Waals surface area contributed by atoms with E-state index in [4.69, 9.17) is 0 Å². The van der Waals surface area contributed by atoms with Crippen LogP contribution in [0.2, 0.25) is 0 Å². The molecule has 118 valence electrons. The number of rotatable bonds is 7. The Morgan fingerprint density at radius 1 is 1.52 bits per heavy atom. The fourth-order valence-corrected chi connectivity index (χ4v) is 2.92. The number of carbonyl (C=O) groups excluding carboxylic acids is 1. The van der Waals surface area contributed by atoms with E-state index in [2.05, 4.69) is 17.3 Å². The van der Waals surface area contributed by atoms with Gasteiger partial charge in [-0.25, -0.2) is 0 Å². The van der Waals surface area contributed by atoms with Crippen molar-refractivity contribution in [1.82, 2.24) is 20.0 Å². The summed E-state index contributed by atoms with van der Waals surface area (Å²) in [5.41, 5.74) is 1.64. The lowest BCUT2D eigenvalue weighted by Crippen LogP contribution is -2.42. The molecule has 1 unspecified atom stereocenters. The lowest BCUT2D eigenvalue weighted by atomic mass is 10.2. The molecule has 1 atom stereocenters. The second kappa shape index (κ2) is 7.59. The molecule has 0 spiro atoms. The van der Waals surface area contributed by atoms with E-state index in [9.17, 15) is 4.79 Å². The van der Waals surface area contributed by atoms with Crippen LogP contribution in [0.25, 0.3) is 0 Å². The molecule has 1 aromatic heterocycles. The van der Waals surface area contributed by atoms with Gasteiger partial charge in [0.15, 0.2) is 0 Å². The number of nitrogens with zero attached hydrogens (tertiary/aromatic N) is 3. The van der Waals surface area contributed by atoms with Gasteiger partial charge >= 0.3 is 0 Å². The molecule has 2 heterocycles. The second-order valence-electron chi connectivity index (χ2n) is 5.88. The second-order valence-corrected chi connectivity index (χ2v) is 5.88. The van der Waals surface area contributed by atoms with E-state index in [-0.39, 0.29) is 5.91 Å². The van der Waals surface area contributed by atoms with Gasteiger partial charge in [0.1, 0.15) is 5.69 Å². The fourth-order valence-electron chi connectivity index (χ4n) is 2.92. The molecule has 1 saturated heterocycles. The SMILES string of the molecule is CCCCN(CC1CCCN1)C(=O)c1cc(C)nn1CC. The van der Waals surface area contributed by atoms with Gasteiger partial charge in [-0.2, -0.15) is 5.10 Å². The molecule has 1 fully saturated rings. The normalized spacial score (nSPS) is 18.1. The van der Waals surface area contributed by atoms with Crippen LogP contribution in [0.3, 0.4) is 0 Å². The lowest BCUT2D eigenvalue weighted by Gasteiger charge is -2.26. The summed E-state index contributed by atoms with van der Waals surface area (Å²) in [7, 11) is 0. The van der Waals surface area contributed by atoms with Crippen LogP contribution in [-0.4, -0.2) is 46.3 Å². The Bertz CT molecular complexity index is 463. The van der Waals surface area contributed by atoms with Gasteiger partial charge in [-0.1, -0.05) is 13.3 Å². The summed E-state index contributed by atoms with van der Waals surface area (Å²) >= 11 is 0. The average molecular weight is 292 g/mol. The van der Waals surface area contributed by atoms with Gasteiger partial charge in [0, 0.05) is 25.7 Å². The van der Waals surface area contributed by atoms with Gasteiger partial charge in [-0.05, 0) is 45.7 Å². The van der Waals surface area contributed by atoms with Crippen LogP contribution in [-0.2, 0) is 6.54 Å². The van der Waals surface area contributed by atoms with Crippen LogP contribution in [0.5, 0.6) is 0 Å². The molecule has 1 aliphatic rings. The maximum Gasteiger partial charge on any atom is 0.272 e. The highest BCUT2D eigenvalue weighted by Gasteiger charge is 2.24. The summed E-state index contributed by atoms with van der Waals surface area (Å²) in [6.45, 7) is 9.59. The first-order valence-electron chi connectivity index (χ1n) is 8.22. The Hall–Kier alpha value is -1.36. The summed E-state index contributed by atoms with van der Waals surface area (Å²) in [4.78, 5) is 14.9. The summed E-state index contributed by atoms with van der Waals surface area (Å²) in [5.74, 6) is 0.125. The van der Waals surface area contributed by atoms with Crippen LogP contribution >= 0.6 is 0 Å². The zero-order valence-corrected chi connectivity index (χ0v) is 13.6. The van der Waals surface area contributed by atoms with Crippen molar-refractivity contribution in [2.24, 2.45) is 0 Å². The van der Waals surface area contributed by atoms with Crippen molar-refractivity contribution in [3.63, 3.8) is 0 Å². The van der Waals surface area contributed by atoms with Gasteiger partial charge in [0.25, 0.3) is 5.91 Å². The van der Waals surface area contributed by atoms with Gasteiger partial charge < -0.3 is 10.2 Å². The third-order valence-corrected chi connectivity index (χ3v) is 4.09. The van der Waals surface area contributed by atoms with Gasteiger partial charge in [0.2, 0.25) is 0 Å². The van der Waals surface area contributed by atoms with Crippen molar-refractivity contribution in [2.75, 3.05) is 19.6 Å². The number of unbranched alkanes of at least 4 members (excludes halogenated alkanes) is 1. The molecule has 0 aromatic carbocycles. The van der Waals surface area contributed by atoms with Crippen LogP contribution in [0.4, 0.5) is 0 Å². The van der Waals surface area contributed by atoms with Crippen molar-refractivity contribution in [2.45, 2.75) is 59.0 Å². The quantitative estimate of drug-likeness (QED) is 0.838. The zero-order chi connectivity index (χ0) is 15.2. The fraction of sp³-hybridized carbons (Fsp3) is 0.750. The summed E-state index contributed by atoms with van der Waals surface area (Å²) < 4.78 is 1.82. The molecule has 1 amide bonds. The number of carbonyl (C=O) groups is 1. The third kappa shape index (κ3) is 4.06. The van der Waals surface area contributed by atoms with Gasteiger partial charge in [-0.3, -0.25) is 9.48 Å². The number of hydrogen-bond donors (Lipinski definition) is 1. The lowest BCUT2D eigenvalue weighted by molar-refractivity contribution is 0.0727. The topological polar surface area (TPSA) is 50.2 Å². The van der Waals surface area contributed by atoms with E-state index >= 15 is 0 Å². The predicted octanol–water partition coefficient (Wildman–Crippen LogP) is 2.21. The molecular formula is C16H28N4O. The molecule has 21 heavy (non-hydrogen) atoms. The van der Waals surface area contributed by atoms with E-state index in [1.54, 1.807) is 0 Å². The molecule has 1 N–H and O–H groups in total. The Kier molecular flexibility index (Phi) is 5.79. The van der Waals surface area contributed by atoms with Gasteiger partial charge in [0.05, 0.1) is 5.69 Å². The maximum atomic E-state index is 12.9. The molecule has 0 bridgehead atoms. The van der Waals surface area contributed by atoms with Crippen molar-refractivity contribution in [3.8, 4) is 0 Å². The highest BCUT2D eigenvalue weighted by molar-refractivity contribution is 5.92. The number of nitrogens with one attached hydrogen (secondary N) is 1. The monoisotopic (exact) mass is 292 g/mol. The number of amides is 1. The Labute approximate surface area is 127 Å². The number of hydrogen-bond acceptors (Lipinski definition) is 3. The summed E-state index contributed by atoms with van der Waals surface area (Å²) in [5, 5.41) is 7.89. The van der Waals surface area contributed by atoms with Crippen molar-refractivity contribution in [3.05, 3.63) is 17.5 Å². The predicted molar refractivity (Wildman–Crippen MR) is 84.5 cm³/mol. The maximum absolute atomic E-state index is 12.9. The molecule has 0 aliphatic carbocycles. The molecular weight excluding hydrogens is 264 g/mol. The van der Waals surface area contributed by atoms with Gasteiger partial charge in [-0.15, -0.1) is 0 Å². The number of aryl methyl sites for hydroxylation is 2. The summed E-state index contributed by atoms with van der Waals surface area (Å²) in [6.07, 6.45) is 4.54. The van der Waals surface area contributed by atoms with E-state index < -0.39 is 0 Å².